The van der Waals surface area contributed by atoms with Gasteiger partial charge in [0.15, 0.2) is 12.2 Å². The highest BCUT2D eigenvalue weighted by Gasteiger charge is 2.30. The van der Waals surface area contributed by atoms with Gasteiger partial charge in [-0.25, -0.2) is 9.13 Å². The van der Waals surface area contributed by atoms with E-state index in [0.29, 0.717) is 25.7 Å². The maximum absolute atomic E-state index is 13.1. The van der Waals surface area contributed by atoms with Gasteiger partial charge in [-0.2, -0.15) is 0 Å². The predicted molar refractivity (Wildman–Crippen MR) is 391 cm³/mol. The zero-order valence-corrected chi connectivity index (χ0v) is 64.8. The molecule has 0 aromatic rings. The van der Waals surface area contributed by atoms with Crippen LogP contribution in [0.2, 0.25) is 0 Å². The van der Waals surface area contributed by atoms with E-state index in [1.807, 2.05) is 0 Å². The Hall–Kier alpha value is -1.94. The lowest BCUT2D eigenvalue weighted by Gasteiger charge is -2.21. The molecule has 0 saturated heterocycles. The summed E-state index contributed by atoms with van der Waals surface area (Å²) < 4.78 is 68.5. The molecular weight excluding hydrogens is 1260 g/mol. The van der Waals surface area contributed by atoms with Crippen LogP contribution in [0.4, 0.5) is 0 Å². The molecule has 0 rings (SSSR count). The number of esters is 4. The molecule has 0 aromatic carbocycles. The Balaban J connectivity index is 5.24. The van der Waals surface area contributed by atoms with Crippen molar-refractivity contribution >= 4 is 39.5 Å². The Morgan fingerprint density at radius 1 is 0.292 bits per heavy atom. The largest absolute Gasteiger partial charge is 0.472 e. The van der Waals surface area contributed by atoms with E-state index in [2.05, 4.69) is 55.4 Å². The van der Waals surface area contributed by atoms with Crippen molar-refractivity contribution in [2.24, 2.45) is 23.7 Å². The molecule has 0 bridgehead atoms. The highest BCUT2D eigenvalue weighted by Crippen LogP contribution is 2.45. The average molecular weight is 1410 g/mol. The van der Waals surface area contributed by atoms with Gasteiger partial charge in [-0.1, -0.05) is 338 Å². The molecule has 19 heteroatoms. The highest BCUT2D eigenvalue weighted by molar-refractivity contribution is 7.47. The number of unbranched alkanes of at least 4 members (excludes halogenated alkanes) is 39. The van der Waals surface area contributed by atoms with Crippen LogP contribution >= 0.6 is 15.6 Å². The molecule has 0 aliphatic carbocycles. The first-order valence-corrected chi connectivity index (χ1v) is 42.7. The molecule has 6 atom stereocenters. The van der Waals surface area contributed by atoms with Crippen LogP contribution in [0.25, 0.3) is 0 Å². The molecule has 0 spiro atoms. The third kappa shape index (κ3) is 69.2. The van der Waals surface area contributed by atoms with Crippen LogP contribution in [0.1, 0.15) is 389 Å². The van der Waals surface area contributed by atoms with Gasteiger partial charge in [0.1, 0.15) is 19.3 Å². The van der Waals surface area contributed by atoms with Crippen molar-refractivity contribution in [3.8, 4) is 0 Å². The van der Waals surface area contributed by atoms with Crippen LogP contribution in [0.15, 0.2) is 0 Å². The topological polar surface area (TPSA) is 237 Å². The first-order chi connectivity index (χ1) is 46.1. The molecule has 3 unspecified atom stereocenters. The van der Waals surface area contributed by atoms with Gasteiger partial charge >= 0.3 is 39.5 Å². The van der Waals surface area contributed by atoms with Crippen LogP contribution in [-0.2, 0) is 65.4 Å². The van der Waals surface area contributed by atoms with E-state index in [4.69, 9.17) is 37.0 Å². The van der Waals surface area contributed by atoms with Gasteiger partial charge in [-0.3, -0.25) is 37.3 Å². The lowest BCUT2D eigenvalue weighted by molar-refractivity contribution is -0.161. The molecule has 96 heavy (non-hydrogen) atoms. The van der Waals surface area contributed by atoms with Crippen molar-refractivity contribution in [2.75, 3.05) is 39.6 Å². The molecule has 0 amide bonds. The quantitative estimate of drug-likeness (QED) is 0.0222. The fourth-order valence-corrected chi connectivity index (χ4v) is 13.3. The molecule has 0 fully saturated rings. The van der Waals surface area contributed by atoms with Gasteiger partial charge < -0.3 is 33.8 Å². The lowest BCUT2D eigenvalue weighted by Crippen LogP contribution is -2.30. The fourth-order valence-electron chi connectivity index (χ4n) is 11.7. The molecule has 0 heterocycles. The van der Waals surface area contributed by atoms with Gasteiger partial charge in [-0.05, 0) is 49.4 Å². The molecule has 0 saturated carbocycles. The van der Waals surface area contributed by atoms with E-state index in [-0.39, 0.29) is 25.7 Å². The zero-order valence-electron chi connectivity index (χ0n) is 63.0. The minimum Gasteiger partial charge on any atom is -0.462 e. The second-order valence-corrected chi connectivity index (χ2v) is 32.3. The minimum atomic E-state index is -4.96. The van der Waals surface area contributed by atoms with E-state index >= 15 is 0 Å². The standard InChI is InChI=1S/C77H150O17P2/c1-9-70(8)56-48-40-35-36-42-50-58-75(80)88-64-73(94-77(82)60-52-44-34-28-27-31-39-47-55-69(6)7)66-92-96(85,86)90-62-71(78)61-89-95(83,84)91-65-72(93-76(81)59-51-43-33-26-22-18-14-13-16-20-24-30-38-46-54-68(4)5)63-87-74(79)57-49-41-32-25-21-17-12-10-11-15-19-23-29-37-45-53-67(2)3/h67-73,78H,9-66H2,1-8H3,(H,83,84)(H,85,86)/t70?,71-,72-,73-/m1/s1. The van der Waals surface area contributed by atoms with Crippen molar-refractivity contribution in [1.82, 2.24) is 0 Å². The number of carbonyl (C=O) groups is 4. The highest BCUT2D eigenvalue weighted by atomic mass is 31.2. The van der Waals surface area contributed by atoms with Crippen LogP contribution in [0.3, 0.4) is 0 Å². The molecule has 0 aliphatic heterocycles. The van der Waals surface area contributed by atoms with E-state index in [0.717, 1.165) is 120 Å². The van der Waals surface area contributed by atoms with Crippen molar-refractivity contribution in [3.05, 3.63) is 0 Å². The Labute approximate surface area is 588 Å². The fraction of sp³-hybridized carbons (Fsp3) is 0.948. The first-order valence-electron chi connectivity index (χ1n) is 39.7. The second kappa shape index (κ2) is 66.3. The Bertz CT molecular complexity index is 1890. The van der Waals surface area contributed by atoms with Gasteiger partial charge in [0, 0.05) is 25.7 Å². The van der Waals surface area contributed by atoms with E-state index in [1.54, 1.807) is 0 Å². The number of hydrogen-bond donors (Lipinski definition) is 3. The normalized spacial score (nSPS) is 14.4. The van der Waals surface area contributed by atoms with Gasteiger partial charge in [0.2, 0.25) is 0 Å². The van der Waals surface area contributed by atoms with Gasteiger partial charge in [-0.15, -0.1) is 0 Å². The van der Waals surface area contributed by atoms with Crippen LogP contribution in [0, 0.1) is 23.7 Å². The summed E-state index contributed by atoms with van der Waals surface area (Å²) >= 11 is 0. The summed E-state index contributed by atoms with van der Waals surface area (Å²) in [5.74, 6) is 0.929. The number of ether oxygens (including phenoxy) is 4. The summed E-state index contributed by atoms with van der Waals surface area (Å²) in [6.45, 7) is 14.2. The van der Waals surface area contributed by atoms with E-state index in [1.165, 1.54) is 186 Å². The smallest absolute Gasteiger partial charge is 0.462 e. The number of rotatable bonds is 74. The van der Waals surface area contributed by atoms with Crippen LogP contribution in [-0.4, -0.2) is 96.7 Å². The number of carbonyl (C=O) groups excluding carboxylic acids is 4. The summed E-state index contributed by atoms with van der Waals surface area (Å²) in [4.78, 5) is 72.8. The molecule has 0 aliphatic rings. The van der Waals surface area contributed by atoms with Gasteiger partial charge in [0.25, 0.3) is 0 Å². The Morgan fingerprint density at radius 2 is 0.500 bits per heavy atom. The van der Waals surface area contributed by atoms with E-state index in [9.17, 15) is 43.2 Å². The van der Waals surface area contributed by atoms with Crippen molar-refractivity contribution in [2.45, 2.75) is 408 Å². The summed E-state index contributed by atoms with van der Waals surface area (Å²) in [5, 5.41) is 10.6. The molecular formula is C77H150O17P2. The number of hydrogen-bond acceptors (Lipinski definition) is 15. The van der Waals surface area contributed by atoms with Crippen LogP contribution in [0.5, 0.6) is 0 Å². The third-order valence-corrected chi connectivity index (χ3v) is 20.1. The SMILES string of the molecule is CCC(C)CCCCCCCCC(=O)OC[C@H](COP(=O)(O)OC[C@H](O)COP(=O)(O)OC[C@@H](COC(=O)CCCCCCCCCCCCCCCCCC(C)C)OC(=O)CCCCCCCCCCCCCCCCC(C)C)OC(=O)CCCCCCCCCCC(C)C. The Kier molecular flexibility index (Phi) is 65.0. The summed E-state index contributed by atoms with van der Waals surface area (Å²) in [6, 6.07) is 0. The van der Waals surface area contributed by atoms with E-state index < -0.39 is 97.5 Å². The summed E-state index contributed by atoms with van der Waals surface area (Å²) in [5.41, 5.74) is 0. The monoisotopic (exact) mass is 1410 g/mol. The molecule has 3 N–H and O–H groups in total. The maximum atomic E-state index is 13.1. The van der Waals surface area contributed by atoms with Gasteiger partial charge in [0.05, 0.1) is 26.4 Å². The summed E-state index contributed by atoms with van der Waals surface area (Å²) in [6.07, 6.45) is 51.5. The van der Waals surface area contributed by atoms with Crippen molar-refractivity contribution in [1.29, 1.82) is 0 Å². The van der Waals surface area contributed by atoms with Crippen molar-refractivity contribution < 1.29 is 80.2 Å². The number of phosphoric acid groups is 2. The number of aliphatic hydroxyl groups excluding tert-OH is 1. The molecule has 0 radical (unpaired) electrons. The van der Waals surface area contributed by atoms with Crippen LogP contribution < -0.4 is 0 Å². The third-order valence-electron chi connectivity index (χ3n) is 18.2. The first kappa shape index (κ1) is 94.1. The number of phosphoric ester groups is 2. The second-order valence-electron chi connectivity index (χ2n) is 29.4. The molecule has 17 nitrogen and oxygen atoms in total. The minimum absolute atomic E-state index is 0.103. The zero-order chi connectivity index (χ0) is 71.0. The Morgan fingerprint density at radius 3 is 0.740 bits per heavy atom. The molecule has 0 aromatic heterocycles. The maximum Gasteiger partial charge on any atom is 0.472 e. The average Bonchev–Trinajstić information content (AvgIpc) is 1.22. The molecule has 570 valence electrons. The number of aliphatic hydroxyl groups is 1. The van der Waals surface area contributed by atoms with Crippen molar-refractivity contribution in [3.63, 3.8) is 0 Å². The summed E-state index contributed by atoms with van der Waals surface area (Å²) in [7, 11) is -9.91. The predicted octanol–water partition coefficient (Wildman–Crippen LogP) is 22.4. The lowest BCUT2D eigenvalue weighted by atomic mass is 10.00.